The number of hydrogen-bond acceptors (Lipinski definition) is 6. The van der Waals surface area contributed by atoms with Gasteiger partial charge in [-0.2, -0.15) is 4.98 Å². The van der Waals surface area contributed by atoms with Gasteiger partial charge in [-0.3, -0.25) is 0 Å². The van der Waals surface area contributed by atoms with Gasteiger partial charge in [-0.15, -0.1) is 16.4 Å². The maximum absolute atomic E-state index is 5.99. The van der Waals surface area contributed by atoms with Gasteiger partial charge in [-0.1, -0.05) is 23.7 Å². The lowest BCUT2D eigenvalue weighted by Crippen LogP contribution is -1.96. The van der Waals surface area contributed by atoms with Crippen molar-refractivity contribution in [2.45, 2.75) is 0 Å². The maximum Gasteiger partial charge on any atom is 0.213 e. The third kappa shape index (κ3) is 3.09. The number of methoxy groups -OCH3 is 3. The lowest BCUT2D eigenvalue weighted by molar-refractivity contribution is 0.324. The Morgan fingerprint density at radius 3 is 2.19 bits per heavy atom. The van der Waals surface area contributed by atoms with Gasteiger partial charge in [0.1, 0.15) is 0 Å². The van der Waals surface area contributed by atoms with Crippen molar-refractivity contribution in [2.75, 3.05) is 21.3 Å². The van der Waals surface area contributed by atoms with Gasteiger partial charge >= 0.3 is 0 Å². The Kier molecular flexibility index (Phi) is 4.63. The molecule has 2 heterocycles. The maximum atomic E-state index is 5.99. The number of thiazole rings is 1. The number of aromatic nitrogens is 3. The summed E-state index contributed by atoms with van der Waals surface area (Å²) in [5.74, 6) is 2.23. The van der Waals surface area contributed by atoms with E-state index >= 15 is 0 Å². The van der Waals surface area contributed by atoms with E-state index < -0.39 is 0 Å². The van der Waals surface area contributed by atoms with E-state index in [0.29, 0.717) is 28.1 Å². The zero-order chi connectivity index (χ0) is 19.0. The van der Waals surface area contributed by atoms with Crippen LogP contribution in [-0.2, 0) is 0 Å². The number of nitrogens with zero attached hydrogens (tertiary/aromatic N) is 3. The van der Waals surface area contributed by atoms with Gasteiger partial charge in [0.05, 0.1) is 27.0 Å². The van der Waals surface area contributed by atoms with E-state index in [9.17, 15) is 0 Å². The SMILES string of the molecule is COc1cc(-c2nc3scc(-c4ccc(Cl)cc4)n3n2)cc(OC)c1OC. The topological polar surface area (TPSA) is 57.9 Å². The van der Waals surface area contributed by atoms with Gasteiger partial charge in [0, 0.05) is 21.5 Å². The lowest BCUT2D eigenvalue weighted by Gasteiger charge is -2.12. The summed E-state index contributed by atoms with van der Waals surface area (Å²) in [6.45, 7) is 0. The van der Waals surface area contributed by atoms with E-state index in [2.05, 4.69) is 10.1 Å². The van der Waals surface area contributed by atoms with E-state index in [1.54, 1.807) is 21.3 Å². The van der Waals surface area contributed by atoms with Crippen LogP contribution in [0.1, 0.15) is 0 Å². The average Bonchev–Trinajstić information content (AvgIpc) is 3.28. The minimum absolute atomic E-state index is 0.534. The minimum atomic E-state index is 0.534. The summed E-state index contributed by atoms with van der Waals surface area (Å²) in [5.41, 5.74) is 2.76. The monoisotopic (exact) mass is 401 g/mol. The van der Waals surface area contributed by atoms with Crippen LogP contribution in [0.3, 0.4) is 0 Å². The summed E-state index contributed by atoms with van der Waals surface area (Å²) in [6, 6.07) is 11.3. The van der Waals surface area contributed by atoms with Crippen molar-refractivity contribution in [1.29, 1.82) is 0 Å². The van der Waals surface area contributed by atoms with E-state index in [1.165, 1.54) is 11.3 Å². The molecule has 0 spiro atoms. The Morgan fingerprint density at radius 1 is 0.926 bits per heavy atom. The standard InChI is InChI=1S/C19H16ClN3O3S/c1-24-15-8-12(9-16(25-2)17(15)26-3)18-21-19-23(22-18)14(10-27-19)11-4-6-13(20)7-5-11/h4-10H,1-3H3. The lowest BCUT2D eigenvalue weighted by atomic mass is 10.1. The van der Waals surface area contributed by atoms with Crippen molar-refractivity contribution in [3.8, 4) is 39.9 Å². The molecule has 0 radical (unpaired) electrons. The van der Waals surface area contributed by atoms with Crippen LogP contribution in [0.2, 0.25) is 5.02 Å². The molecule has 138 valence electrons. The highest BCUT2D eigenvalue weighted by Crippen LogP contribution is 2.41. The molecule has 2 aromatic carbocycles. The first-order valence-corrected chi connectivity index (χ1v) is 9.31. The molecule has 0 fully saturated rings. The third-order valence-corrected chi connectivity index (χ3v) is 5.21. The van der Waals surface area contributed by atoms with Gasteiger partial charge in [-0.25, -0.2) is 4.52 Å². The first kappa shape index (κ1) is 17.6. The van der Waals surface area contributed by atoms with Crippen LogP contribution in [0.4, 0.5) is 0 Å². The summed E-state index contributed by atoms with van der Waals surface area (Å²) in [5, 5.41) is 7.40. The number of ether oxygens (including phenoxy) is 3. The number of benzene rings is 2. The molecular formula is C19H16ClN3O3S. The van der Waals surface area contributed by atoms with Crippen molar-refractivity contribution in [3.63, 3.8) is 0 Å². The highest BCUT2D eigenvalue weighted by atomic mass is 35.5. The molecule has 0 bridgehead atoms. The van der Waals surface area contributed by atoms with Crippen LogP contribution in [0.15, 0.2) is 41.8 Å². The quantitative estimate of drug-likeness (QED) is 0.480. The summed E-state index contributed by atoms with van der Waals surface area (Å²) < 4.78 is 18.0. The predicted molar refractivity (Wildman–Crippen MR) is 106 cm³/mol. The molecule has 0 atom stereocenters. The van der Waals surface area contributed by atoms with Crippen LogP contribution in [0.25, 0.3) is 27.6 Å². The fourth-order valence-electron chi connectivity index (χ4n) is 2.83. The van der Waals surface area contributed by atoms with Crippen molar-refractivity contribution in [1.82, 2.24) is 14.6 Å². The van der Waals surface area contributed by atoms with Crippen LogP contribution in [-0.4, -0.2) is 35.9 Å². The largest absolute Gasteiger partial charge is 0.493 e. The average molecular weight is 402 g/mol. The van der Waals surface area contributed by atoms with E-state index in [4.69, 9.17) is 25.8 Å². The fraction of sp³-hybridized carbons (Fsp3) is 0.158. The Labute approximate surface area is 164 Å². The van der Waals surface area contributed by atoms with Crippen LogP contribution < -0.4 is 14.2 Å². The number of fused-ring (bicyclic) bond motifs is 1. The highest BCUT2D eigenvalue weighted by molar-refractivity contribution is 7.15. The Bertz CT molecular complexity index is 1080. The first-order valence-electron chi connectivity index (χ1n) is 8.05. The van der Waals surface area contributed by atoms with E-state index in [0.717, 1.165) is 21.8 Å². The van der Waals surface area contributed by atoms with E-state index in [-0.39, 0.29) is 0 Å². The van der Waals surface area contributed by atoms with Gasteiger partial charge in [0.25, 0.3) is 0 Å². The van der Waals surface area contributed by atoms with Crippen LogP contribution >= 0.6 is 22.9 Å². The molecule has 0 saturated carbocycles. The molecule has 0 amide bonds. The Morgan fingerprint density at radius 2 is 1.59 bits per heavy atom. The molecule has 0 unspecified atom stereocenters. The highest BCUT2D eigenvalue weighted by Gasteiger charge is 2.18. The minimum Gasteiger partial charge on any atom is -0.493 e. The second kappa shape index (κ2) is 7.09. The molecule has 2 aromatic heterocycles. The van der Waals surface area contributed by atoms with Crippen LogP contribution in [0.5, 0.6) is 17.2 Å². The molecule has 0 N–H and O–H groups in total. The third-order valence-electron chi connectivity index (χ3n) is 4.14. The summed E-state index contributed by atoms with van der Waals surface area (Å²) in [4.78, 5) is 5.44. The van der Waals surface area contributed by atoms with Crippen molar-refractivity contribution >= 4 is 27.9 Å². The van der Waals surface area contributed by atoms with E-state index in [1.807, 2.05) is 46.3 Å². The Balaban J connectivity index is 1.82. The molecule has 4 rings (SSSR count). The second-order valence-corrected chi connectivity index (χ2v) is 6.94. The zero-order valence-corrected chi connectivity index (χ0v) is 16.5. The molecule has 0 aliphatic heterocycles. The molecule has 0 saturated heterocycles. The molecule has 4 aromatic rings. The van der Waals surface area contributed by atoms with Gasteiger partial charge in [-0.05, 0) is 24.3 Å². The normalized spacial score (nSPS) is 11.0. The molecular weight excluding hydrogens is 386 g/mol. The number of hydrogen-bond donors (Lipinski definition) is 0. The molecule has 0 aliphatic rings. The van der Waals surface area contributed by atoms with Gasteiger partial charge in [0.15, 0.2) is 17.3 Å². The van der Waals surface area contributed by atoms with Crippen molar-refractivity contribution in [3.05, 3.63) is 46.8 Å². The van der Waals surface area contributed by atoms with Gasteiger partial charge in [0.2, 0.25) is 10.7 Å². The fourth-order valence-corrected chi connectivity index (χ4v) is 3.79. The first-order chi connectivity index (χ1) is 13.1. The molecule has 27 heavy (non-hydrogen) atoms. The summed E-state index contributed by atoms with van der Waals surface area (Å²) in [7, 11) is 4.74. The predicted octanol–water partition coefficient (Wildman–Crippen LogP) is 4.80. The summed E-state index contributed by atoms with van der Waals surface area (Å²) in [6.07, 6.45) is 0. The smallest absolute Gasteiger partial charge is 0.213 e. The molecule has 0 aliphatic carbocycles. The van der Waals surface area contributed by atoms with Gasteiger partial charge < -0.3 is 14.2 Å². The van der Waals surface area contributed by atoms with Crippen molar-refractivity contribution < 1.29 is 14.2 Å². The molecule has 8 heteroatoms. The summed E-state index contributed by atoms with van der Waals surface area (Å²) >= 11 is 7.52. The number of rotatable bonds is 5. The number of halogens is 1. The zero-order valence-electron chi connectivity index (χ0n) is 14.9. The van der Waals surface area contributed by atoms with Crippen molar-refractivity contribution in [2.24, 2.45) is 0 Å². The Hall–Kier alpha value is -2.77. The van der Waals surface area contributed by atoms with Crippen LogP contribution in [0, 0.1) is 0 Å². The molecule has 6 nitrogen and oxygen atoms in total. The second-order valence-electron chi connectivity index (χ2n) is 5.67.